The molecule has 1 rings (SSSR count). The molecule has 3 N–H and O–H groups in total. The zero-order valence-corrected chi connectivity index (χ0v) is 9.05. The Labute approximate surface area is 93.0 Å². The number of carbonyl (C=O) groups is 2. The first-order chi connectivity index (χ1) is 7.52. The van der Waals surface area contributed by atoms with Crippen molar-refractivity contribution in [2.45, 2.75) is 19.1 Å². The number of morpholine rings is 1. The molecule has 7 heteroatoms. The van der Waals surface area contributed by atoms with Crippen molar-refractivity contribution < 1.29 is 24.5 Å². The number of aliphatic hydroxyl groups excluding tert-OH is 1. The number of nitrogens with one attached hydrogen (secondary N) is 1. The van der Waals surface area contributed by atoms with E-state index in [9.17, 15) is 14.7 Å². The van der Waals surface area contributed by atoms with Crippen LogP contribution in [0, 0.1) is 0 Å². The molecule has 1 saturated heterocycles. The van der Waals surface area contributed by atoms with Crippen LogP contribution < -0.4 is 5.32 Å². The lowest BCUT2D eigenvalue weighted by atomic mass is 10.1. The Balaban J connectivity index is 2.61. The summed E-state index contributed by atoms with van der Waals surface area (Å²) >= 11 is 0. The highest BCUT2D eigenvalue weighted by atomic mass is 16.5. The fraction of sp³-hybridized carbons (Fsp3) is 0.778. The molecule has 0 spiro atoms. The van der Waals surface area contributed by atoms with Crippen molar-refractivity contribution in [2.75, 3.05) is 26.3 Å². The predicted molar refractivity (Wildman–Crippen MR) is 54.0 cm³/mol. The number of rotatable bonds is 3. The van der Waals surface area contributed by atoms with Gasteiger partial charge in [-0.1, -0.05) is 0 Å². The molecule has 0 unspecified atom stereocenters. The molecule has 0 radical (unpaired) electrons. The molecule has 0 aliphatic carbocycles. The fourth-order valence-electron chi connectivity index (χ4n) is 1.50. The Morgan fingerprint density at radius 3 is 2.38 bits per heavy atom. The van der Waals surface area contributed by atoms with E-state index in [1.54, 1.807) is 0 Å². The molecule has 7 nitrogen and oxygen atoms in total. The lowest BCUT2D eigenvalue weighted by molar-refractivity contribution is -0.139. The van der Waals surface area contributed by atoms with E-state index >= 15 is 0 Å². The molecular formula is C9H16N2O5. The molecule has 16 heavy (non-hydrogen) atoms. The minimum absolute atomic E-state index is 0.416. The topological polar surface area (TPSA) is 99.1 Å². The fourth-order valence-corrected chi connectivity index (χ4v) is 1.50. The highest BCUT2D eigenvalue weighted by Crippen LogP contribution is 2.04. The molecule has 0 bridgehead atoms. The second-order valence-corrected chi connectivity index (χ2v) is 3.61. The van der Waals surface area contributed by atoms with Gasteiger partial charge in [-0.25, -0.2) is 4.79 Å². The van der Waals surface area contributed by atoms with Crippen molar-refractivity contribution in [3.63, 3.8) is 0 Å². The molecule has 2 amide bonds. The Bertz CT molecular complexity index is 263. The van der Waals surface area contributed by atoms with Crippen molar-refractivity contribution in [1.82, 2.24) is 10.2 Å². The summed E-state index contributed by atoms with van der Waals surface area (Å²) in [6, 6.07) is -1.12. The summed E-state index contributed by atoms with van der Waals surface area (Å²) in [5, 5.41) is 19.9. The van der Waals surface area contributed by atoms with Crippen molar-refractivity contribution in [2.24, 2.45) is 0 Å². The van der Waals surface area contributed by atoms with Gasteiger partial charge in [-0.2, -0.15) is 0 Å². The largest absolute Gasteiger partial charge is 0.465 e. The summed E-state index contributed by atoms with van der Waals surface area (Å²) in [5.74, 6) is -0.416. The number of hydrogen-bond acceptors (Lipinski definition) is 4. The maximum atomic E-state index is 11.9. The number of amides is 2. The first-order valence-electron chi connectivity index (χ1n) is 5.06. The number of nitrogens with zero attached hydrogens (tertiary/aromatic N) is 1. The lowest BCUT2D eigenvalue weighted by Crippen LogP contribution is -2.55. The standard InChI is InChI=1S/C9H16N2O5/c1-6(12)7(10-9(14)15)8(13)11-2-4-16-5-3-11/h6-7,10,12H,2-5H2,1H3,(H,14,15)/t6-,7+/m1/s1. The quantitative estimate of drug-likeness (QED) is 0.571. The first-order valence-corrected chi connectivity index (χ1v) is 5.06. The third kappa shape index (κ3) is 3.35. The second-order valence-electron chi connectivity index (χ2n) is 3.61. The van der Waals surface area contributed by atoms with E-state index in [0.717, 1.165) is 0 Å². The highest BCUT2D eigenvalue weighted by Gasteiger charge is 2.30. The average Bonchev–Trinajstić information content (AvgIpc) is 2.25. The zero-order chi connectivity index (χ0) is 12.1. The molecule has 2 atom stereocenters. The van der Waals surface area contributed by atoms with Gasteiger partial charge in [0.05, 0.1) is 19.3 Å². The number of carbonyl (C=O) groups excluding carboxylic acids is 1. The molecule has 0 aromatic carbocycles. The van der Waals surface area contributed by atoms with Gasteiger partial charge in [-0.3, -0.25) is 4.79 Å². The predicted octanol–water partition coefficient (Wildman–Crippen LogP) is -1.14. The summed E-state index contributed by atoms with van der Waals surface area (Å²) < 4.78 is 5.08. The number of hydrogen-bond donors (Lipinski definition) is 3. The number of ether oxygens (including phenoxy) is 1. The van der Waals surface area contributed by atoms with Crippen LogP contribution in [0.1, 0.15) is 6.92 Å². The summed E-state index contributed by atoms with van der Waals surface area (Å²) in [6.45, 7) is 3.09. The highest BCUT2D eigenvalue weighted by molar-refractivity contribution is 5.86. The SMILES string of the molecule is C[C@@H](O)[C@H](NC(=O)O)C(=O)N1CCOCC1. The van der Waals surface area contributed by atoms with Crippen LogP contribution in [0.3, 0.4) is 0 Å². The van der Waals surface area contributed by atoms with Crippen LogP contribution in [0.5, 0.6) is 0 Å². The normalized spacial score (nSPS) is 20.0. The average molecular weight is 232 g/mol. The van der Waals surface area contributed by atoms with Gasteiger partial charge in [0.2, 0.25) is 5.91 Å². The first kappa shape index (κ1) is 12.7. The molecule has 92 valence electrons. The summed E-state index contributed by atoms with van der Waals surface area (Å²) in [6.07, 6.45) is -2.39. The van der Waals surface area contributed by atoms with Crippen LogP contribution in [-0.2, 0) is 9.53 Å². The molecule has 1 fully saturated rings. The number of aliphatic hydroxyl groups is 1. The Kier molecular flexibility index (Phi) is 4.51. The molecule has 1 heterocycles. The van der Waals surface area contributed by atoms with Crippen LogP contribution in [-0.4, -0.2) is 65.6 Å². The molecule has 1 aliphatic rings. The van der Waals surface area contributed by atoms with E-state index in [1.165, 1.54) is 11.8 Å². The number of carboxylic acid groups (broad SMARTS) is 1. The molecular weight excluding hydrogens is 216 g/mol. The van der Waals surface area contributed by atoms with Gasteiger partial charge in [0, 0.05) is 13.1 Å². The van der Waals surface area contributed by atoms with Gasteiger partial charge >= 0.3 is 6.09 Å². The van der Waals surface area contributed by atoms with Crippen molar-refractivity contribution in [3.8, 4) is 0 Å². The molecule has 0 saturated carbocycles. The third-order valence-electron chi connectivity index (χ3n) is 2.35. The van der Waals surface area contributed by atoms with Crippen LogP contribution in [0.15, 0.2) is 0 Å². The minimum Gasteiger partial charge on any atom is -0.465 e. The van der Waals surface area contributed by atoms with Crippen molar-refractivity contribution in [1.29, 1.82) is 0 Å². The maximum Gasteiger partial charge on any atom is 0.405 e. The Morgan fingerprint density at radius 2 is 1.94 bits per heavy atom. The van der Waals surface area contributed by atoms with E-state index in [1.807, 2.05) is 5.32 Å². The monoisotopic (exact) mass is 232 g/mol. The van der Waals surface area contributed by atoms with Gasteiger partial charge < -0.3 is 25.2 Å². The summed E-state index contributed by atoms with van der Waals surface area (Å²) in [7, 11) is 0. The Hall–Kier alpha value is -1.34. The van der Waals surface area contributed by atoms with Gasteiger partial charge in [0.15, 0.2) is 0 Å². The summed E-state index contributed by atoms with van der Waals surface area (Å²) in [5.41, 5.74) is 0. The molecule has 1 aliphatic heterocycles. The van der Waals surface area contributed by atoms with Crippen molar-refractivity contribution >= 4 is 12.0 Å². The van der Waals surface area contributed by atoms with Crippen LogP contribution in [0.2, 0.25) is 0 Å². The zero-order valence-electron chi connectivity index (χ0n) is 9.05. The van der Waals surface area contributed by atoms with E-state index in [4.69, 9.17) is 9.84 Å². The van der Waals surface area contributed by atoms with E-state index in [-0.39, 0.29) is 0 Å². The van der Waals surface area contributed by atoms with E-state index < -0.39 is 24.1 Å². The van der Waals surface area contributed by atoms with Crippen LogP contribution in [0.25, 0.3) is 0 Å². The van der Waals surface area contributed by atoms with Gasteiger partial charge in [-0.05, 0) is 6.92 Å². The van der Waals surface area contributed by atoms with Gasteiger partial charge in [-0.15, -0.1) is 0 Å². The molecule has 0 aromatic rings. The van der Waals surface area contributed by atoms with E-state index in [2.05, 4.69) is 0 Å². The Morgan fingerprint density at radius 1 is 1.38 bits per heavy atom. The maximum absolute atomic E-state index is 11.9. The third-order valence-corrected chi connectivity index (χ3v) is 2.35. The van der Waals surface area contributed by atoms with Crippen LogP contribution in [0.4, 0.5) is 4.79 Å². The van der Waals surface area contributed by atoms with E-state index in [0.29, 0.717) is 26.3 Å². The van der Waals surface area contributed by atoms with Crippen molar-refractivity contribution in [3.05, 3.63) is 0 Å². The van der Waals surface area contributed by atoms with Gasteiger partial charge in [0.1, 0.15) is 6.04 Å². The van der Waals surface area contributed by atoms with Crippen LogP contribution >= 0.6 is 0 Å². The lowest BCUT2D eigenvalue weighted by Gasteiger charge is -2.31. The molecule has 0 aromatic heterocycles. The summed E-state index contributed by atoms with van der Waals surface area (Å²) in [4.78, 5) is 23.8. The minimum atomic E-state index is -1.33. The second kappa shape index (κ2) is 5.66. The van der Waals surface area contributed by atoms with Gasteiger partial charge in [0.25, 0.3) is 0 Å². The smallest absolute Gasteiger partial charge is 0.405 e.